The zero-order valence-electron chi connectivity index (χ0n) is 7.83. The Morgan fingerprint density at radius 2 is 2.00 bits per heavy atom. The van der Waals surface area contributed by atoms with Crippen molar-refractivity contribution in [1.82, 2.24) is 0 Å². The van der Waals surface area contributed by atoms with Crippen LogP contribution < -0.4 is 0 Å². The van der Waals surface area contributed by atoms with Gasteiger partial charge in [0.2, 0.25) is 5.83 Å². The van der Waals surface area contributed by atoms with E-state index in [-0.39, 0.29) is 0 Å². The average molecular weight is 194 g/mol. The highest BCUT2D eigenvalue weighted by Gasteiger charge is 2.04. The summed E-state index contributed by atoms with van der Waals surface area (Å²) < 4.78 is 12.7. The van der Waals surface area contributed by atoms with Crippen LogP contribution in [0.4, 0.5) is 4.39 Å². The summed E-state index contributed by atoms with van der Waals surface area (Å²) in [7, 11) is 0. The van der Waals surface area contributed by atoms with Gasteiger partial charge in [0, 0.05) is 0 Å². The highest BCUT2D eigenvalue weighted by Crippen LogP contribution is 2.10. The minimum absolute atomic E-state index is 0.558. The van der Waals surface area contributed by atoms with E-state index in [1.54, 1.807) is 12.1 Å². The number of aliphatic carboxylic acids is 1. The molecule has 0 radical (unpaired) electrons. The molecule has 1 aromatic rings. The quantitative estimate of drug-likeness (QED) is 0.751. The van der Waals surface area contributed by atoms with E-state index in [1.165, 1.54) is 0 Å². The summed E-state index contributed by atoms with van der Waals surface area (Å²) in [6, 6.07) is 7.09. The largest absolute Gasteiger partial charge is 0.476 e. The molecule has 0 aromatic heterocycles. The lowest BCUT2D eigenvalue weighted by molar-refractivity contribution is -0.134. The lowest BCUT2D eigenvalue weighted by atomic mass is 10.1. The zero-order chi connectivity index (χ0) is 10.6. The number of halogens is 1. The summed E-state index contributed by atoms with van der Waals surface area (Å²) in [4.78, 5) is 10.2. The van der Waals surface area contributed by atoms with Crippen LogP contribution in [-0.4, -0.2) is 11.1 Å². The number of hydrogen-bond acceptors (Lipinski definition) is 1. The second-order valence-corrected chi connectivity index (χ2v) is 2.89. The Kier molecular flexibility index (Phi) is 3.40. The molecule has 0 heterocycles. The van der Waals surface area contributed by atoms with Crippen molar-refractivity contribution in [2.24, 2.45) is 0 Å². The topological polar surface area (TPSA) is 37.3 Å². The van der Waals surface area contributed by atoms with Crippen molar-refractivity contribution in [3.63, 3.8) is 0 Å². The van der Waals surface area contributed by atoms with Gasteiger partial charge >= 0.3 is 5.97 Å². The first-order valence-electron chi connectivity index (χ1n) is 4.33. The number of carbonyl (C=O) groups is 1. The van der Waals surface area contributed by atoms with Crippen molar-refractivity contribution in [2.75, 3.05) is 0 Å². The third kappa shape index (κ3) is 2.69. The third-order valence-electron chi connectivity index (χ3n) is 1.89. The Morgan fingerprint density at radius 3 is 2.43 bits per heavy atom. The maximum absolute atomic E-state index is 12.7. The SMILES string of the molecule is CCc1ccc(/C=C(/F)C(=O)O)cc1. The predicted octanol–water partition coefficient (Wildman–Crippen LogP) is 2.64. The van der Waals surface area contributed by atoms with Gasteiger partial charge < -0.3 is 5.11 Å². The average Bonchev–Trinajstić information content (AvgIpc) is 2.19. The van der Waals surface area contributed by atoms with Gasteiger partial charge in [0.05, 0.1) is 0 Å². The van der Waals surface area contributed by atoms with Gasteiger partial charge in [-0.15, -0.1) is 0 Å². The standard InChI is InChI=1S/C11H11FO2/c1-2-8-3-5-9(6-4-8)7-10(12)11(13)14/h3-7H,2H2,1H3,(H,13,14)/b10-7+. The van der Waals surface area contributed by atoms with Gasteiger partial charge in [-0.3, -0.25) is 0 Å². The second kappa shape index (κ2) is 4.56. The van der Waals surface area contributed by atoms with Crippen molar-refractivity contribution in [3.8, 4) is 0 Å². The summed E-state index contributed by atoms with van der Waals surface area (Å²) in [6.45, 7) is 2.02. The summed E-state index contributed by atoms with van der Waals surface area (Å²) in [5, 5.41) is 8.30. The number of carboxylic acids is 1. The minimum Gasteiger partial charge on any atom is -0.476 e. The highest BCUT2D eigenvalue weighted by molar-refractivity contribution is 5.89. The van der Waals surface area contributed by atoms with Crippen molar-refractivity contribution in [2.45, 2.75) is 13.3 Å². The van der Waals surface area contributed by atoms with Crippen molar-refractivity contribution in [3.05, 3.63) is 41.2 Å². The first kappa shape index (κ1) is 10.4. The molecule has 2 nitrogen and oxygen atoms in total. The van der Waals surface area contributed by atoms with Gasteiger partial charge in [0.1, 0.15) is 0 Å². The first-order chi connectivity index (χ1) is 6.63. The Labute approximate surface area is 81.7 Å². The molecule has 1 aromatic carbocycles. The van der Waals surface area contributed by atoms with E-state index in [0.717, 1.165) is 18.1 Å². The molecular weight excluding hydrogens is 183 g/mol. The number of carboxylic acid groups (broad SMARTS) is 1. The van der Waals surface area contributed by atoms with Gasteiger partial charge in [0.25, 0.3) is 0 Å². The van der Waals surface area contributed by atoms with Crippen LogP contribution in [0.5, 0.6) is 0 Å². The second-order valence-electron chi connectivity index (χ2n) is 2.89. The molecule has 0 aliphatic heterocycles. The van der Waals surface area contributed by atoms with E-state index in [4.69, 9.17) is 5.11 Å². The molecule has 0 amide bonds. The molecule has 0 saturated carbocycles. The van der Waals surface area contributed by atoms with Gasteiger partial charge in [0.15, 0.2) is 0 Å². The zero-order valence-corrected chi connectivity index (χ0v) is 7.83. The van der Waals surface area contributed by atoms with Gasteiger partial charge in [-0.05, 0) is 23.6 Å². The maximum Gasteiger partial charge on any atom is 0.364 e. The molecule has 1 rings (SSSR count). The van der Waals surface area contributed by atoms with Gasteiger partial charge in [-0.1, -0.05) is 31.2 Å². The minimum atomic E-state index is -1.54. The van der Waals surface area contributed by atoms with Crippen LogP contribution in [-0.2, 0) is 11.2 Å². The molecule has 0 fully saturated rings. The van der Waals surface area contributed by atoms with Gasteiger partial charge in [-0.25, -0.2) is 4.79 Å². The number of hydrogen-bond donors (Lipinski definition) is 1. The predicted molar refractivity (Wildman–Crippen MR) is 52.5 cm³/mol. The van der Waals surface area contributed by atoms with Crippen LogP contribution in [0.3, 0.4) is 0 Å². The van der Waals surface area contributed by atoms with Crippen LogP contribution in [0.2, 0.25) is 0 Å². The number of benzene rings is 1. The summed E-state index contributed by atoms with van der Waals surface area (Å²) in [6.07, 6.45) is 1.91. The Morgan fingerprint density at radius 1 is 1.43 bits per heavy atom. The molecule has 0 unspecified atom stereocenters. The van der Waals surface area contributed by atoms with Crippen LogP contribution in [0.1, 0.15) is 18.1 Å². The van der Waals surface area contributed by atoms with E-state index < -0.39 is 11.8 Å². The maximum atomic E-state index is 12.7. The van der Waals surface area contributed by atoms with Crippen LogP contribution in [0.25, 0.3) is 6.08 Å². The Hall–Kier alpha value is -1.64. The van der Waals surface area contributed by atoms with E-state index in [9.17, 15) is 9.18 Å². The van der Waals surface area contributed by atoms with Crippen molar-refractivity contribution < 1.29 is 14.3 Å². The van der Waals surface area contributed by atoms with E-state index in [0.29, 0.717) is 5.56 Å². The summed E-state index contributed by atoms with van der Waals surface area (Å²) in [5.41, 5.74) is 1.69. The molecule has 74 valence electrons. The highest BCUT2D eigenvalue weighted by atomic mass is 19.1. The monoisotopic (exact) mass is 194 g/mol. The van der Waals surface area contributed by atoms with Crippen LogP contribution in [0, 0.1) is 0 Å². The Balaban J connectivity index is 2.88. The number of rotatable bonds is 3. The Bertz CT molecular complexity index is 352. The lowest BCUT2D eigenvalue weighted by Gasteiger charge is -1.97. The first-order valence-corrected chi connectivity index (χ1v) is 4.33. The molecule has 3 heteroatoms. The van der Waals surface area contributed by atoms with E-state index in [2.05, 4.69) is 0 Å². The molecule has 0 aliphatic carbocycles. The molecule has 0 bridgehead atoms. The normalized spacial score (nSPS) is 11.4. The summed E-state index contributed by atoms with van der Waals surface area (Å²) in [5.74, 6) is -2.68. The third-order valence-corrected chi connectivity index (χ3v) is 1.89. The lowest BCUT2D eigenvalue weighted by Crippen LogP contribution is -1.94. The molecule has 0 saturated heterocycles. The molecule has 0 spiro atoms. The molecular formula is C11H11FO2. The number of aryl methyl sites for hydroxylation is 1. The molecule has 14 heavy (non-hydrogen) atoms. The van der Waals surface area contributed by atoms with E-state index >= 15 is 0 Å². The van der Waals surface area contributed by atoms with Crippen molar-refractivity contribution in [1.29, 1.82) is 0 Å². The fourth-order valence-electron chi connectivity index (χ4n) is 1.06. The fraction of sp³-hybridized carbons (Fsp3) is 0.182. The van der Waals surface area contributed by atoms with Crippen LogP contribution >= 0.6 is 0 Å². The van der Waals surface area contributed by atoms with Gasteiger partial charge in [-0.2, -0.15) is 4.39 Å². The molecule has 0 aliphatic rings. The fourth-order valence-corrected chi connectivity index (χ4v) is 1.06. The smallest absolute Gasteiger partial charge is 0.364 e. The summed E-state index contributed by atoms with van der Waals surface area (Å²) >= 11 is 0. The molecule has 0 atom stereocenters. The molecule has 1 N–H and O–H groups in total. The van der Waals surface area contributed by atoms with Crippen molar-refractivity contribution >= 4 is 12.0 Å². The van der Waals surface area contributed by atoms with Crippen LogP contribution in [0.15, 0.2) is 30.1 Å². The van der Waals surface area contributed by atoms with E-state index in [1.807, 2.05) is 19.1 Å².